The van der Waals surface area contributed by atoms with Gasteiger partial charge in [-0.25, -0.2) is 9.31 Å². The van der Waals surface area contributed by atoms with Gasteiger partial charge in [0.15, 0.2) is 5.82 Å². The maximum atomic E-state index is 12.4. The first-order valence-electron chi connectivity index (χ1n) is 8.74. The van der Waals surface area contributed by atoms with Crippen molar-refractivity contribution >= 4 is 33.9 Å². The van der Waals surface area contributed by atoms with Gasteiger partial charge < -0.3 is 10.2 Å². The number of hydrogen-bond donors (Lipinski definition) is 1. The molecule has 1 aliphatic heterocycles. The minimum absolute atomic E-state index is 0.00542. The molecule has 26 heavy (non-hydrogen) atoms. The third kappa shape index (κ3) is 3.17. The van der Waals surface area contributed by atoms with Crippen molar-refractivity contribution in [1.82, 2.24) is 24.8 Å². The maximum Gasteiger partial charge on any atom is 0.317 e. The number of benzene rings is 1. The van der Waals surface area contributed by atoms with Crippen LogP contribution in [0, 0.1) is 0 Å². The number of rotatable bonds is 3. The highest BCUT2D eigenvalue weighted by molar-refractivity contribution is 7.17. The van der Waals surface area contributed by atoms with Crippen LogP contribution in [0.15, 0.2) is 24.3 Å². The molecule has 6 nitrogen and oxygen atoms in total. The number of nitrogens with one attached hydrogen (secondary N) is 1. The molecule has 3 heterocycles. The van der Waals surface area contributed by atoms with Gasteiger partial charge in [0.25, 0.3) is 0 Å². The van der Waals surface area contributed by atoms with Gasteiger partial charge in [0.1, 0.15) is 0 Å². The van der Waals surface area contributed by atoms with E-state index in [0.717, 1.165) is 33.9 Å². The highest BCUT2D eigenvalue weighted by Gasteiger charge is 2.26. The number of thiazole rings is 1. The summed E-state index contributed by atoms with van der Waals surface area (Å²) in [5.41, 5.74) is 2.11. The Kier molecular flexibility index (Phi) is 4.58. The molecule has 0 spiro atoms. The fourth-order valence-corrected chi connectivity index (χ4v) is 4.23. The van der Waals surface area contributed by atoms with Crippen LogP contribution in [0.1, 0.15) is 30.8 Å². The van der Waals surface area contributed by atoms with Crippen LogP contribution in [-0.4, -0.2) is 38.1 Å². The number of urea groups is 1. The molecule has 0 bridgehead atoms. The van der Waals surface area contributed by atoms with Crippen molar-refractivity contribution in [3.63, 3.8) is 0 Å². The summed E-state index contributed by atoms with van der Waals surface area (Å²) < 4.78 is 1.92. The van der Waals surface area contributed by atoms with Crippen LogP contribution in [0.2, 0.25) is 5.02 Å². The van der Waals surface area contributed by atoms with E-state index in [0.29, 0.717) is 23.9 Å². The van der Waals surface area contributed by atoms with E-state index in [1.54, 1.807) is 11.3 Å². The van der Waals surface area contributed by atoms with Crippen LogP contribution < -0.4 is 5.32 Å². The first kappa shape index (κ1) is 17.3. The molecule has 2 aromatic heterocycles. The fraction of sp³-hybridized carbons (Fsp3) is 0.389. The van der Waals surface area contributed by atoms with E-state index in [4.69, 9.17) is 11.6 Å². The zero-order valence-corrected chi connectivity index (χ0v) is 16.3. The minimum atomic E-state index is 0.00542. The summed E-state index contributed by atoms with van der Waals surface area (Å²) in [5, 5.41) is 8.40. The van der Waals surface area contributed by atoms with Crippen LogP contribution in [0.25, 0.3) is 16.3 Å². The van der Waals surface area contributed by atoms with Crippen molar-refractivity contribution in [3.8, 4) is 11.4 Å². The van der Waals surface area contributed by atoms with Crippen LogP contribution >= 0.6 is 22.9 Å². The second-order valence-electron chi connectivity index (χ2n) is 6.54. The zero-order valence-electron chi connectivity index (χ0n) is 14.7. The van der Waals surface area contributed by atoms with Crippen molar-refractivity contribution in [3.05, 3.63) is 39.9 Å². The van der Waals surface area contributed by atoms with Crippen molar-refractivity contribution in [2.45, 2.75) is 39.3 Å². The van der Waals surface area contributed by atoms with Crippen LogP contribution in [0.4, 0.5) is 4.79 Å². The van der Waals surface area contributed by atoms with E-state index in [2.05, 4.69) is 22.3 Å². The van der Waals surface area contributed by atoms with Gasteiger partial charge in [-0.05, 0) is 37.6 Å². The fourth-order valence-electron chi connectivity index (χ4n) is 2.99. The number of carbonyl (C=O) groups excluding carboxylic acids is 1. The van der Waals surface area contributed by atoms with Gasteiger partial charge >= 0.3 is 6.03 Å². The Morgan fingerprint density at radius 2 is 2.15 bits per heavy atom. The Morgan fingerprint density at radius 1 is 1.38 bits per heavy atom. The van der Waals surface area contributed by atoms with Crippen LogP contribution in [0.5, 0.6) is 0 Å². The second kappa shape index (κ2) is 6.89. The molecule has 1 aliphatic rings. The number of carbonyl (C=O) groups is 1. The summed E-state index contributed by atoms with van der Waals surface area (Å²) in [6.07, 6.45) is 1.71. The summed E-state index contributed by atoms with van der Waals surface area (Å²) in [5.74, 6) is 0.702. The van der Waals surface area contributed by atoms with Crippen LogP contribution in [0.3, 0.4) is 0 Å². The highest BCUT2D eigenvalue weighted by Crippen LogP contribution is 2.29. The normalized spacial score (nSPS) is 15.1. The average molecular weight is 390 g/mol. The first-order valence-corrected chi connectivity index (χ1v) is 9.93. The van der Waals surface area contributed by atoms with E-state index in [1.807, 2.05) is 40.6 Å². The first-order chi connectivity index (χ1) is 12.5. The summed E-state index contributed by atoms with van der Waals surface area (Å²) in [6.45, 7) is 5.40. The largest absolute Gasteiger partial charge is 0.336 e. The number of halogens is 1. The molecule has 0 saturated heterocycles. The smallest absolute Gasteiger partial charge is 0.317 e. The molecule has 1 N–H and O–H groups in total. The third-order valence-electron chi connectivity index (χ3n) is 4.69. The highest BCUT2D eigenvalue weighted by atomic mass is 35.5. The Balaban J connectivity index is 1.57. The average Bonchev–Trinajstić information content (AvgIpc) is 3.19. The molecule has 3 aromatic rings. The minimum Gasteiger partial charge on any atom is -0.336 e. The molecule has 4 rings (SSSR count). The van der Waals surface area contributed by atoms with Gasteiger partial charge in [0, 0.05) is 34.5 Å². The predicted octanol–water partition coefficient (Wildman–Crippen LogP) is 3.98. The predicted molar refractivity (Wildman–Crippen MR) is 104 cm³/mol. The molecule has 0 aliphatic carbocycles. The molecule has 0 fully saturated rings. The van der Waals surface area contributed by atoms with Gasteiger partial charge in [-0.1, -0.05) is 29.9 Å². The molecular weight excluding hydrogens is 370 g/mol. The Hall–Kier alpha value is -2.12. The number of nitrogens with zero attached hydrogens (tertiary/aromatic N) is 4. The molecule has 1 atom stereocenters. The zero-order chi connectivity index (χ0) is 18.3. The van der Waals surface area contributed by atoms with E-state index >= 15 is 0 Å². The van der Waals surface area contributed by atoms with Crippen molar-refractivity contribution in [1.29, 1.82) is 0 Å². The Labute approximate surface area is 160 Å². The molecule has 0 saturated carbocycles. The number of fused-ring (bicyclic) bond motifs is 3. The summed E-state index contributed by atoms with van der Waals surface area (Å²) in [7, 11) is 0. The second-order valence-corrected chi connectivity index (χ2v) is 8.04. The molecule has 8 heteroatoms. The standard InChI is InChI=1S/C18H20ClN5OS/c1-3-11(2)20-17(25)23-9-8-14-15(10-23)26-18-21-16(22-24(14)18)12-4-6-13(19)7-5-12/h4-7,11H,3,8-10H2,1-2H3,(H,20,25). The number of amides is 2. The van der Waals surface area contributed by atoms with E-state index in [1.165, 1.54) is 0 Å². The quantitative estimate of drug-likeness (QED) is 0.737. The van der Waals surface area contributed by atoms with Gasteiger partial charge in [0.2, 0.25) is 4.96 Å². The molecule has 136 valence electrons. The lowest BCUT2D eigenvalue weighted by Gasteiger charge is -2.28. The summed E-state index contributed by atoms with van der Waals surface area (Å²) in [4.78, 5) is 20.9. The van der Waals surface area contributed by atoms with Gasteiger partial charge in [0.05, 0.1) is 12.2 Å². The van der Waals surface area contributed by atoms with Crippen molar-refractivity contribution in [2.75, 3.05) is 6.54 Å². The van der Waals surface area contributed by atoms with Gasteiger partial charge in [-0.15, -0.1) is 5.10 Å². The van der Waals surface area contributed by atoms with E-state index in [-0.39, 0.29) is 12.1 Å². The molecule has 2 amide bonds. The molecule has 0 radical (unpaired) electrons. The lowest BCUT2D eigenvalue weighted by Crippen LogP contribution is -2.45. The maximum absolute atomic E-state index is 12.4. The number of hydrogen-bond acceptors (Lipinski definition) is 4. The molecular formula is C18H20ClN5OS. The van der Waals surface area contributed by atoms with Crippen molar-refractivity contribution in [2.24, 2.45) is 0 Å². The van der Waals surface area contributed by atoms with Crippen molar-refractivity contribution < 1.29 is 4.79 Å². The van der Waals surface area contributed by atoms with Gasteiger partial charge in [-0.3, -0.25) is 0 Å². The summed E-state index contributed by atoms with van der Waals surface area (Å²) in [6, 6.07) is 7.73. The summed E-state index contributed by atoms with van der Waals surface area (Å²) >= 11 is 7.56. The SMILES string of the molecule is CCC(C)NC(=O)N1CCc2c(sc3nc(-c4ccc(Cl)cc4)nn23)C1. The Morgan fingerprint density at radius 3 is 2.88 bits per heavy atom. The topological polar surface area (TPSA) is 62.5 Å². The van der Waals surface area contributed by atoms with E-state index in [9.17, 15) is 4.79 Å². The lowest BCUT2D eigenvalue weighted by atomic mass is 10.2. The van der Waals surface area contributed by atoms with Gasteiger partial charge in [-0.2, -0.15) is 4.98 Å². The molecule has 1 aromatic carbocycles. The lowest BCUT2D eigenvalue weighted by molar-refractivity contribution is 0.189. The third-order valence-corrected chi connectivity index (χ3v) is 6.00. The van der Waals surface area contributed by atoms with Crippen LogP contribution in [-0.2, 0) is 13.0 Å². The van der Waals surface area contributed by atoms with E-state index < -0.39 is 0 Å². The Bertz CT molecular complexity index is 949. The number of aromatic nitrogens is 3. The monoisotopic (exact) mass is 389 g/mol. The molecule has 1 unspecified atom stereocenters.